The van der Waals surface area contributed by atoms with Gasteiger partial charge in [-0.1, -0.05) is 30.3 Å². The van der Waals surface area contributed by atoms with Gasteiger partial charge in [-0.25, -0.2) is 14.6 Å². The quantitative estimate of drug-likeness (QED) is 0.184. The molecule has 6 rings (SSSR count). The molecule has 2 heterocycles. The molecule has 0 unspecified atom stereocenters. The number of amidine groups is 1. The smallest absolute Gasteiger partial charge is 0.410 e. The number of ether oxygens (including phenoxy) is 2. The van der Waals surface area contributed by atoms with E-state index >= 15 is 0 Å². The molecule has 3 aromatic carbocycles. The monoisotopic (exact) mass is 847 g/mol. The minimum Gasteiger partial charge on any atom is -0.444 e. The first-order valence-electron chi connectivity index (χ1n) is 21.7. The SMILES string of the molecule is Cc1ccc(C(=O)N2CCN(C(=O)OC(C)(C)C)CC2)cc1-c1ccc(C[C@H](CC(=O)C2CCC(CNC(=O)OC(C)(C)C)CC2)C(=O)Nc2ccc(C3=NCN=N3)cc2)cc1. The minimum atomic E-state index is -0.619. The van der Waals surface area contributed by atoms with Crippen LogP contribution in [-0.4, -0.2) is 96.0 Å². The molecule has 2 aliphatic heterocycles. The van der Waals surface area contributed by atoms with Crippen LogP contribution >= 0.6 is 0 Å². The molecule has 1 atom stereocenters. The molecule has 2 fully saturated rings. The Morgan fingerprint density at radius 3 is 2.02 bits per heavy atom. The second-order valence-electron chi connectivity index (χ2n) is 18.6. The molecule has 0 bridgehead atoms. The van der Waals surface area contributed by atoms with E-state index in [1.807, 2.05) is 103 Å². The number of piperazine rings is 1. The van der Waals surface area contributed by atoms with Crippen LogP contribution in [0.1, 0.15) is 101 Å². The van der Waals surface area contributed by atoms with Gasteiger partial charge in [0, 0.05) is 67.8 Å². The predicted octanol–water partition coefficient (Wildman–Crippen LogP) is 8.61. The molecule has 4 amide bonds. The molecular weight excluding hydrogens is 787 g/mol. The van der Waals surface area contributed by atoms with Crippen molar-refractivity contribution in [1.82, 2.24) is 15.1 Å². The maximum absolute atomic E-state index is 14.0. The Balaban J connectivity index is 1.11. The number of nitrogens with zero attached hydrogens (tertiary/aromatic N) is 5. The molecular formula is C48H61N7O7. The average Bonchev–Trinajstić information content (AvgIpc) is 3.78. The Labute approximate surface area is 364 Å². The number of benzene rings is 3. The number of alkyl carbamates (subject to hydrolysis) is 1. The van der Waals surface area contributed by atoms with E-state index in [9.17, 15) is 24.0 Å². The highest BCUT2D eigenvalue weighted by Crippen LogP contribution is 2.32. The Kier molecular flexibility index (Phi) is 14.6. The normalized spacial score (nSPS) is 18.4. The van der Waals surface area contributed by atoms with Crippen LogP contribution < -0.4 is 10.6 Å². The molecule has 1 aliphatic carbocycles. The van der Waals surface area contributed by atoms with Crippen molar-refractivity contribution in [2.45, 2.75) is 98.2 Å². The van der Waals surface area contributed by atoms with Crippen LogP contribution in [-0.2, 0) is 25.5 Å². The molecule has 1 saturated heterocycles. The van der Waals surface area contributed by atoms with Crippen molar-refractivity contribution in [3.05, 3.63) is 89.0 Å². The van der Waals surface area contributed by atoms with Crippen LogP contribution in [0.15, 0.2) is 82.0 Å². The van der Waals surface area contributed by atoms with Crippen molar-refractivity contribution in [2.75, 3.05) is 44.7 Å². The number of aliphatic imine (C=N–C) groups is 1. The van der Waals surface area contributed by atoms with Gasteiger partial charge in [0.25, 0.3) is 5.91 Å². The fourth-order valence-electron chi connectivity index (χ4n) is 7.99. The molecule has 0 aromatic heterocycles. The summed E-state index contributed by atoms with van der Waals surface area (Å²) in [5.74, 6) is -0.227. The lowest BCUT2D eigenvalue weighted by atomic mass is 9.77. The first-order valence-corrected chi connectivity index (χ1v) is 21.7. The summed E-state index contributed by atoms with van der Waals surface area (Å²) < 4.78 is 10.9. The van der Waals surface area contributed by atoms with Crippen molar-refractivity contribution in [3.8, 4) is 11.1 Å². The van der Waals surface area contributed by atoms with Gasteiger partial charge in [0.1, 0.15) is 17.0 Å². The van der Waals surface area contributed by atoms with Crippen molar-refractivity contribution in [2.24, 2.45) is 33.0 Å². The number of amides is 4. The first-order chi connectivity index (χ1) is 29.4. The average molecular weight is 848 g/mol. The molecule has 3 aromatic rings. The number of azo groups is 1. The summed E-state index contributed by atoms with van der Waals surface area (Å²) in [4.78, 5) is 74.0. The van der Waals surface area contributed by atoms with Gasteiger partial charge in [-0.15, -0.1) is 5.11 Å². The molecule has 0 spiro atoms. The van der Waals surface area contributed by atoms with E-state index < -0.39 is 23.2 Å². The van der Waals surface area contributed by atoms with Gasteiger partial charge in [-0.2, -0.15) is 5.11 Å². The number of anilines is 1. The molecule has 3 aliphatic rings. The van der Waals surface area contributed by atoms with E-state index in [1.54, 1.807) is 21.9 Å². The van der Waals surface area contributed by atoms with Crippen LogP contribution in [0, 0.1) is 24.7 Å². The van der Waals surface area contributed by atoms with E-state index in [0.717, 1.165) is 40.7 Å². The zero-order valence-electron chi connectivity index (χ0n) is 37.2. The minimum absolute atomic E-state index is 0.0728. The highest BCUT2D eigenvalue weighted by Gasteiger charge is 2.32. The van der Waals surface area contributed by atoms with Crippen LogP contribution in [0.4, 0.5) is 15.3 Å². The number of carbonyl (C=O) groups is 5. The largest absolute Gasteiger partial charge is 0.444 e. The third-order valence-electron chi connectivity index (χ3n) is 11.4. The summed E-state index contributed by atoms with van der Waals surface area (Å²) in [5, 5.41) is 13.9. The Morgan fingerprint density at radius 1 is 0.774 bits per heavy atom. The van der Waals surface area contributed by atoms with E-state index in [2.05, 4.69) is 25.9 Å². The summed E-state index contributed by atoms with van der Waals surface area (Å²) in [6, 6.07) is 20.9. The fraction of sp³-hybridized carbons (Fsp3) is 0.500. The van der Waals surface area contributed by atoms with Crippen molar-refractivity contribution in [3.63, 3.8) is 0 Å². The third kappa shape index (κ3) is 12.8. The number of ketones is 1. The highest BCUT2D eigenvalue weighted by atomic mass is 16.6. The van der Waals surface area contributed by atoms with Gasteiger partial charge in [-0.05, 0) is 145 Å². The van der Waals surface area contributed by atoms with Crippen molar-refractivity contribution >= 4 is 41.3 Å². The fourth-order valence-corrected chi connectivity index (χ4v) is 7.99. The topological polar surface area (TPSA) is 171 Å². The molecule has 1 saturated carbocycles. The number of Topliss-reactive ketones (excluding diaryl/α,β-unsaturated/α-hetero) is 1. The van der Waals surface area contributed by atoms with Gasteiger partial charge in [0.2, 0.25) is 5.91 Å². The van der Waals surface area contributed by atoms with E-state index in [1.165, 1.54) is 0 Å². The number of nitrogens with one attached hydrogen (secondary N) is 2. The molecule has 14 heteroatoms. The van der Waals surface area contributed by atoms with Gasteiger partial charge in [0.05, 0.1) is 0 Å². The third-order valence-corrected chi connectivity index (χ3v) is 11.4. The summed E-state index contributed by atoms with van der Waals surface area (Å²) in [6.07, 6.45) is 2.66. The van der Waals surface area contributed by atoms with Crippen LogP contribution in [0.3, 0.4) is 0 Å². The predicted molar refractivity (Wildman–Crippen MR) is 238 cm³/mol. The number of aryl methyl sites for hydroxylation is 1. The van der Waals surface area contributed by atoms with Crippen molar-refractivity contribution < 1.29 is 33.4 Å². The second kappa shape index (κ2) is 19.9. The summed E-state index contributed by atoms with van der Waals surface area (Å²) in [5.41, 5.74) is 4.58. The van der Waals surface area contributed by atoms with Gasteiger partial charge >= 0.3 is 12.2 Å². The number of hydrogen-bond acceptors (Lipinski definition) is 10. The standard InChI is InChI=1S/C48H61N7O7/c1-31-8-13-37(44(58)54-22-24-55(25-23-54)46(60)62-48(5,6)7)27-40(31)34-14-9-32(10-15-34)26-38(43(57)52-39-20-18-36(19-21-39)42-50-30-51-53-42)28-41(56)35-16-11-33(12-17-35)29-49-45(59)61-47(2,3)4/h8-10,13-15,18-21,27,33,35,38H,11-12,16-17,22-26,28-30H2,1-7H3,(H,49,59)(H,52,57)/t33?,35?,38-/m1/s1. The molecule has 62 heavy (non-hydrogen) atoms. The van der Waals surface area contributed by atoms with Crippen LogP contribution in [0.2, 0.25) is 0 Å². The van der Waals surface area contributed by atoms with Crippen molar-refractivity contribution in [1.29, 1.82) is 0 Å². The van der Waals surface area contributed by atoms with Gasteiger partial charge in [0.15, 0.2) is 12.5 Å². The Bertz CT molecular complexity index is 2150. The molecule has 2 N–H and O–H groups in total. The lowest BCUT2D eigenvalue weighted by Crippen LogP contribution is -2.51. The van der Waals surface area contributed by atoms with E-state index in [-0.39, 0.29) is 41.9 Å². The zero-order valence-corrected chi connectivity index (χ0v) is 37.2. The molecule has 330 valence electrons. The lowest BCUT2D eigenvalue weighted by Gasteiger charge is -2.35. The maximum Gasteiger partial charge on any atom is 0.410 e. The van der Waals surface area contributed by atoms with Crippen LogP contribution in [0.5, 0.6) is 0 Å². The summed E-state index contributed by atoms with van der Waals surface area (Å²) in [6.45, 7) is 15.4. The number of rotatable bonds is 12. The molecule has 14 nitrogen and oxygen atoms in total. The Hall–Kier alpha value is -5.92. The summed E-state index contributed by atoms with van der Waals surface area (Å²) in [7, 11) is 0. The first kappa shape index (κ1) is 45.6. The van der Waals surface area contributed by atoms with Gasteiger partial charge in [-0.3, -0.25) is 14.4 Å². The molecule has 0 radical (unpaired) electrons. The zero-order chi connectivity index (χ0) is 44.6. The second-order valence-corrected chi connectivity index (χ2v) is 18.6. The maximum atomic E-state index is 14.0. The highest BCUT2D eigenvalue weighted by molar-refractivity contribution is 6.01. The van der Waals surface area contributed by atoms with Gasteiger partial charge < -0.3 is 29.9 Å². The Morgan fingerprint density at radius 2 is 1.40 bits per heavy atom. The lowest BCUT2D eigenvalue weighted by molar-refractivity contribution is -0.129. The number of hydrogen-bond donors (Lipinski definition) is 2. The number of carbonyl (C=O) groups excluding carboxylic acids is 5. The summed E-state index contributed by atoms with van der Waals surface area (Å²) >= 11 is 0. The van der Waals surface area contributed by atoms with E-state index in [0.29, 0.717) is 75.7 Å². The van der Waals surface area contributed by atoms with E-state index in [4.69, 9.17) is 9.47 Å². The van der Waals surface area contributed by atoms with Crippen LogP contribution in [0.25, 0.3) is 11.1 Å².